The van der Waals surface area contributed by atoms with Gasteiger partial charge < -0.3 is 20.9 Å². The molecule has 0 bridgehead atoms. The summed E-state index contributed by atoms with van der Waals surface area (Å²) in [6, 6.07) is -0.874. The maximum atomic E-state index is 12.5. The lowest BCUT2D eigenvalue weighted by molar-refractivity contribution is -0.150. The van der Waals surface area contributed by atoms with Crippen molar-refractivity contribution in [1.29, 1.82) is 0 Å². The first-order valence-electron chi connectivity index (χ1n) is 19.0. The van der Waals surface area contributed by atoms with Crippen molar-refractivity contribution in [2.45, 2.75) is 180 Å². The highest BCUT2D eigenvalue weighted by Crippen LogP contribution is 2.17. The van der Waals surface area contributed by atoms with Gasteiger partial charge in [-0.15, -0.1) is 0 Å². The van der Waals surface area contributed by atoms with Gasteiger partial charge in [-0.25, -0.2) is 4.79 Å². The van der Waals surface area contributed by atoms with Gasteiger partial charge in [-0.05, 0) is 90.0 Å². The summed E-state index contributed by atoms with van der Waals surface area (Å²) in [5.41, 5.74) is 5.45. The highest BCUT2D eigenvalue weighted by molar-refractivity contribution is 5.83. The van der Waals surface area contributed by atoms with Crippen molar-refractivity contribution in [2.24, 2.45) is 5.73 Å². The van der Waals surface area contributed by atoms with Crippen LogP contribution in [0.1, 0.15) is 168 Å². The summed E-state index contributed by atoms with van der Waals surface area (Å²) in [5, 5.41) is 11.8. The number of rotatable bonds is 33. The van der Waals surface area contributed by atoms with Crippen LogP contribution in [-0.4, -0.2) is 41.6 Å². The Labute approximate surface area is 287 Å². The van der Waals surface area contributed by atoms with Crippen LogP contribution in [0.4, 0.5) is 0 Å². The smallest absolute Gasteiger partial charge is 0.326 e. The fourth-order valence-electron chi connectivity index (χ4n) is 5.31. The zero-order valence-corrected chi connectivity index (χ0v) is 30.1. The number of hydrogen-bond donors (Lipinski definition) is 3. The molecule has 7 heteroatoms. The first kappa shape index (κ1) is 44.3. The highest BCUT2D eigenvalue weighted by Gasteiger charge is 2.19. The minimum Gasteiger partial charge on any atom is -0.480 e. The van der Waals surface area contributed by atoms with E-state index in [1.807, 2.05) is 0 Å². The second-order valence-electron chi connectivity index (χ2n) is 12.6. The number of aliphatic carboxylic acids is 1. The van der Waals surface area contributed by atoms with Gasteiger partial charge in [-0.1, -0.05) is 120 Å². The standard InChI is InChI=1S/C40H70N2O5/c1-3-5-7-8-9-10-11-12-13-14-15-16-17-18-19-20-21-22-23-24-28-34-39(44)47-36(30-6-4-2)31-26-25-27-33-38(43)42-37(40(45)46)32-29-35-41/h5,7,9-10,12-13,15-16,36-37H,3-4,6,8,11,14,17-35,41H2,1-2H3,(H,42,43)(H,45,46)/b7-5-,10-9-,13-12-,16-15-. The summed E-state index contributed by atoms with van der Waals surface area (Å²) < 4.78 is 5.83. The predicted molar refractivity (Wildman–Crippen MR) is 197 cm³/mol. The molecule has 0 aliphatic rings. The summed E-state index contributed by atoms with van der Waals surface area (Å²) in [5.74, 6) is -1.34. The van der Waals surface area contributed by atoms with Crippen molar-refractivity contribution in [3.63, 3.8) is 0 Å². The average Bonchev–Trinajstić information content (AvgIpc) is 3.05. The lowest BCUT2D eigenvalue weighted by Gasteiger charge is -2.18. The van der Waals surface area contributed by atoms with Gasteiger partial charge in [0.2, 0.25) is 5.91 Å². The van der Waals surface area contributed by atoms with E-state index in [0.717, 1.165) is 77.0 Å². The normalized spacial score (nSPS) is 13.3. The molecule has 0 saturated heterocycles. The van der Waals surface area contributed by atoms with E-state index >= 15 is 0 Å². The summed E-state index contributed by atoms with van der Waals surface area (Å²) in [6.07, 6.45) is 40.6. The molecule has 0 aromatic heterocycles. The molecule has 0 radical (unpaired) electrons. The van der Waals surface area contributed by atoms with Crippen LogP contribution < -0.4 is 11.1 Å². The molecule has 4 N–H and O–H groups in total. The lowest BCUT2D eigenvalue weighted by atomic mass is 10.0. The van der Waals surface area contributed by atoms with E-state index in [1.165, 1.54) is 44.9 Å². The van der Waals surface area contributed by atoms with Crippen LogP contribution >= 0.6 is 0 Å². The van der Waals surface area contributed by atoms with Gasteiger partial charge in [0.1, 0.15) is 12.1 Å². The van der Waals surface area contributed by atoms with E-state index in [1.54, 1.807) is 0 Å². The zero-order chi connectivity index (χ0) is 34.6. The van der Waals surface area contributed by atoms with E-state index in [9.17, 15) is 19.5 Å². The summed E-state index contributed by atoms with van der Waals surface area (Å²) in [4.78, 5) is 35.9. The van der Waals surface area contributed by atoms with Crippen molar-refractivity contribution in [3.05, 3.63) is 48.6 Å². The molecule has 7 nitrogen and oxygen atoms in total. The largest absolute Gasteiger partial charge is 0.480 e. The topological polar surface area (TPSA) is 119 Å². The van der Waals surface area contributed by atoms with Crippen LogP contribution in [0.2, 0.25) is 0 Å². The molecule has 0 aromatic rings. The SMILES string of the molecule is CC/C=C\C/C=C\C/C=C\C/C=C\CCCCCCCCCCC(=O)OC(CCCC)CCCCCC(=O)NC(CCCN)C(=O)O. The van der Waals surface area contributed by atoms with Gasteiger partial charge in [-0.3, -0.25) is 9.59 Å². The quantitative estimate of drug-likeness (QED) is 0.0367. The number of esters is 1. The maximum Gasteiger partial charge on any atom is 0.326 e. The maximum absolute atomic E-state index is 12.5. The van der Waals surface area contributed by atoms with Gasteiger partial charge in [0.25, 0.3) is 0 Å². The molecule has 0 aromatic carbocycles. The van der Waals surface area contributed by atoms with Crippen LogP contribution in [0, 0.1) is 0 Å². The first-order chi connectivity index (χ1) is 22.9. The number of ether oxygens (including phenoxy) is 1. The lowest BCUT2D eigenvalue weighted by Crippen LogP contribution is -2.40. The first-order valence-corrected chi connectivity index (χ1v) is 19.0. The van der Waals surface area contributed by atoms with Gasteiger partial charge in [-0.2, -0.15) is 0 Å². The molecular weight excluding hydrogens is 588 g/mol. The zero-order valence-electron chi connectivity index (χ0n) is 30.1. The summed E-state index contributed by atoms with van der Waals surface area (Å²) >= 11 is 0. The Morgan fingerprint density at radius 2 is 1.17 bits per heavy atom. The Hall–Kier alpha value is -2.67. The third-order valence-electron chi connectivity index (χ3n) is 8.16. The number of carbonyl (C=O) groups excluding carboxylic acids is 2. The van der Waals surface area contributed by atoms with E-state index in [4.69, 9.17) is 10.5 Å². The van der Waals surface area contributed by atoms with Crippen molar-refractivity contribution >= 4 is 17.8 Å². The molecule has 2 unspecified atom stereocenters. The van der Waals surface area contributed by atoms with Crippen molar-refractivity contribution < 1.29 is 24.2 Å². The number of carbonyl (C=O) groups is 3. The molecule has 2 atom stereocenters. The number of unbranched alkanes of at least 4 members (excludes halogenated alkanes) is 11. The Balaban J connectivity index is 3.85. The number of hydrogen-bond acceptors (Lipinski definition) is 5. The van der Waals surface area contributed by atoms with Gasteiger partial charge in [0.15, 0.2) is 0 Å². The number of allylic oxidation sites excluding steroid dienone is 8. The van der Waals surface area contributed by atoms with Crippen molar-refractivity contribution in [1.82, 2.24) is 5.32 Å². The molecule has 0 aliphatic carbocycles. The van der Waals surface area contributed by atoms with E-state index in [0.29, 0.717) is 38.6 Å². The number of nitrogens with one attached hydrogen (secondary N) is 1. The van der Waals surface area contributed by atoms with Crippen molar-refractivity contribution in [3.8, 4) is 0 Å². The third kappa shape index (κ3) is 31.7. The van der Waals surface area contributed by atoms with Crippen molar-refractivity contribution in [2.75, 3.05) is 6.54 Å². The van der Waals surface area contributed by atoms with Crippen LogP contribution in [0.25, 0.3) is 0 Å². The van der Waals surface area contributed by atoms with E-state index in [2.05, 4.69) is 67.8 Å². The van der Waals surface area contributed by atoms with E-state index < -0.39 is 12.0 Å². The molecule has 47 heavy (non-hydrogen) atoms. The molecule has 0 aliphatic heterocycles. The average molecular weight is 659 g/mol. The minimum atomic E-state index is -1.02. The Kier molecular flexibility index (Phi) is 32.7. The number of carboxylic acids is 1. The third-order valence-corrected chi connectivity index (χ3v) is 8.16. The number of carboxylic acid groups (broad SMARTS) is 1. The highest BCUT2D eigenvalue weighted by atomic mass is 16.5. The second kappa shape index (κ2) is 34.7. The monoisotopic (exact) mass is 659 g/mol. The summed E-state index contributed by atoms with van der Waals surface area (Å²) in [7, 11) is 0. The molecule has 270 valence electrons. The second-order valence-corrected chi connectivity index (χ2v) is 12.6. The fraction of sp³-hybridized carbons (Fsp3) is 0.725. The number of nitrogens with two attached hydrogens (primary N) is 1. The van der Waals surface area contributed by atoms with Crippen LogP contribution in [-0.2, 0) is 19.1 Å². The molecule has 0 saturated carbocycles. The van der Waals surface area contributed by atoms with Crippen LogP contribution in [0.15, 0.2) is 48.6 Å². The number of amides is 1. The van der Waals surface area contributed by atoms with E-state index in [-0.39, 0.29) is 18.0 Å². The fourth-order valence-corrected chi connectivity index (χ4v) is 5.31. The van der Waals surface area contributed by atoms with Crippen LogP contribution in [0.5, 0.6) is 0 Å². The molecule has 0 heterocycles. The molecular formula is C40H70N2O5. The summed E-state index contributed by atoms with van der Waals surface area (Å²) in [6.45, 7) is 4.70. The van der Waals surface area contributed by atoms with Gasteiger partial charge in [0, 0.05) is 12.8 Å². The van der Waals surface area contributed by atoms with Crippen LogP contribution in [0.3, 0.4) is 0 Å². The predicted octanol–water partition coefficient (Wildman–Crippen LogP) is 10.1. The van der Waals surface area contributed by atoms with Gasteiger partial charge in [0.05, 0.1) is 0 Å². The molecule has 0 spiro atoms. The van der Waals surface area contributed by atoms with Gasteiger partial charge >= 0.3 is 11.9 Å². The Bertz CT molecular complexity index is 880. The molecule has 0 fully saturated rings. The Morgan fingerprint density at radius 1 is 0.638 bits per heavy atom. The molecule has 1 amide bonds. The molecule has 0 rings (SSSR count). The minimum absolute atomic E-state index is 0.0550. The Morgan fingerprint density at radius 3 is 1.77 bits per heavy atom.